The fraction of sp³-hybridized carbons (Fsp3) is 0. The van der Waals surface area contributed by atoms with E-state index in [2.05, 4.69) is 0 Å². The SMILES string of the molecule is N=C1OC(=O)c2ccc3c4ccc(C(=O)O)c5c(C(=O)O)ccc(c6ccc1c2c63)c54. The van der Waals surface area contributed by atoms with Gasteiger partial charge in [-0.3, -0.25) is 5.41 Å². The third kappa shape index (κ3) is 2.02. The van der Waals surface area contributed by atoms with Crippen LogP contribution in [-0.2, 0) is 4.74 Å². The summed E-state index contributed by atoms with van der Waals surface area (Å²) in [5.74, 6) is -3.24. The van der Waals surface area contributed by atoms with Crippen molar-refractivity contribution in [2.45, 2.75) is 0 Å². The van der Waals surface area contributed by atoms with Crippen molar-refractivity contribution in [2.75, 3.05) is 0 Å². The van der Waals surface area contributed by atoms with E-state index >= 15 is 0 Å². The van der Waals surface area contributed by atoms with Crippen LogP contribution in [0.4, 0.5) is 0 Å². The lowest BCUT2D eigenvalue weighted by Gasteiger charge is -2.22. The third-order valence-electron chi connectivity index (χ3n) is 6.02. The smallest absolute Gasteiger partial charge is 0.345 e. The molecule has 0 unspecified atom stereocenters. The Morgan fingerprint density at radius 1 is 0.645 bits per heavy atom. The molecule has 0 saturated heterocycles. The largest absolute Gasteiger partial charge is 0.478 e. The predicted octanol–water partition coefficient (Wildman–Crippen LogP) is 4.63. The highest BCUT2D eigenvalue weighted by Crippen LogP contribution is 2.44. The summed E-state index contributed by atoms with van der Waals surface area (Å²) in [7, 11) is 0. The van der Waals surface area contributed by atoms with E-state index in [9.17, 15) is 24.6 Å². The van der Waals surface area contributed by atoms with Crippen molar-refractivity contribution in [3.63, 3.8) is 0 Å². The van der Waals surface area contributed by atoms with Gasteiger partial charge >= 0.3 is 17.9 Å². The molecule has 5 aromatic carbocycles. The van der Waals surface area contributed by atoms with Crippen LogP contribution in [0, 0.1) is 5.41 Å². The number of rotatable bonds is 2. The van der Waals surface area contributed by atoms with Crippen molar-refractivity contribution in [3.05, 3.63) is 70.8 Å². The molecule has 1 aliphatic heterocycles. The predicted molar refractivity (Wildman–Crippen MR) is 114 cm³/mol. The Balaban J connectivity index is 1.96. The van der Waals surface area contributed by atoms with Crippen LogP contribution in [0.5, 0.6) is 0 Å². The van der Waals surface area contributed by atoms with Crippen LogP contribution in [0.3, 0.4) is 0 Å². The summed E-state index contributed by atoms with van der Waals surface area (Å²) < 4.78 is 5.06. The summed E-state index contributed by atoms with van der Waals surface area (Å²) in [6.45, 7) is 0. The number of ether oxygens (including phenoxy) is 1. The maximum Gasteiger partial charge on any atom is 0.345 e. The number of nitrogens with one attached hydrogen (secondary N) is 1. The monoisotopic (exact) mass is 409 g/mol. The van der Waals surface area contributed by atoms with E-state index in [1.807, 2.05) is 0 Å². The van der Waals surface area contributed by atoms with Crippen molar-refractivity contribution in [2.24, 2.45) is 0 Å². The first-order chi connectivity index (χ1) is 14.9. The van der Waals surface area contributed by atoms with Crippen molar-refractivity contribution in [1.82, 2.24) is 0 Å². The van der Waals surface area contributed by atoms with Gasteiger partial charge in [0.25, 0.3) is 0 Å². The molecule has 3 N–H and O–H groups in total. The van der Waals surface area contributed by atoms with Crippen molar-refractivity contribution < 1.29 is 29.3 Å². The minimum atomic E-state index is -1.21. The Kier molecular flexibility index (Phi) is 3.10. The van der Waals surface area contributed by atoms with Crippen LogP contribution in [0.15, 0.2) is 48.5 Å². The van der Waals surface area contributed by atoms with E-state index in [1.165, 1.54) is 12.1 Å². The minimum Gasteiger partial charge on any atom is -0.478 e. The number of cyclic esters (lactones) is 1. The average molecular weight is 409 g/mol. The Morgan fingerprint density at radius 3 is 1.61 bits per heavy atom. The zero-order valence-electron chi connectivity index (χ0n) is 15.6. The van der Waals surface area contributed by atoms with Gasteiger partial charge in [-0.15, -0.1) is 0 Å². The van der Waals surface area contributed by atoms with Gasteiger partial charge in [0.2, 0.25) is 5.90 Å². The molecule has 6 rings (SSSR count). The summed E-state index contributed by atoms with van der Waals surface area (Å²) in [5.41, 5.74) is 0.685. The highest BCUT2D eigenvalue weighted by atomic mass is 16.5. The minimum absolute atomic E-state index is 0.0857. The number of hydrogen-bond acceptors (Lipinski definition) is 5. The summed E-state index contributed by atoms with van der Waals surface area (Å²) >= 11 is 0. The van der Waals surface area contributed by atoms with Gasteiger partial charge in [0.1, 0.15) is 0 Å². The molecule has 5 aromatic rings. The molecule has 0 bridgehead atoms. The quantitative estimate of drug-likeness (QED) is 0.222. The number of carbonyl (C=O) groups excluding carboxylic acids is 1. The molecule has 0 aliphatic carbocycles. The molecular weight excluding hydrogens is 398 g/mol. The van der Waals surface area contributed by atoms with Crippen LogP contribution in [0.1, 0.15) is 36.6 Å². The normalized spacial score (nSPS) is 13.4. The topological polar surface area (TPSA) is 125 Å². The third-order valence-corrected chi connectivity index (χ3v) is 6.02. The Bertz CT molecular complexity index is 1580. The van der Waals surface area contributed by atoms with Crippen LogP contribution in [0.2, 0.25) is 0 Å². The fourth-order valence-corrected chi connectivity index (χ4v) is 4.81. The van der Waals surface area contributed by atoms with Crippen LogP contribution < -0.4 is 0 Å². The Hall–Kier alpha value is -4.52. The number of carboxylic acids is 2. The first kappa shape index (κ1) is 17.3. The molecule has 1 aliphatic rings. The van der Waals surface area contributed by atoms with Gasteiger partial charge in [0.05, 0.1) is 16.7 Å². The molecule has 0 amide bonds. The Labute approximate surface area is 172 Å². The van der Waals surface area contributed by atoms with E-state index in [4.69, 9.17) is 10.1 Å². The number of benzene rings is 5. The highest BCUT2D eigenvalue weighted by molar-refractivity contribution is 6.39. The molecule has 148 valence electrons. The number of hydrogen-bond donors (Lipinski definition) is 3. The van der Waals surface area contributed by atoms with Crippen LogP contribution in [-0.4, -0.2) is 34.0 Å². The zero-order valence-corrected chi connectivity index (χ0v) is 15.6. The van der Waals surface area contributed by atoms with Crippen molar-refractivity contribution >= 4 is 66.9 Å². The van der Waals surface area contributed by atoms with E-state index in [0.717, 1.165) is 16.2 Å². The second kappa shape index (κ2) is 5.54. The van der Waals surface area contributed by atoms with Crippen molar-refractivity contribution in [1.29, 1.82) is 5.41 Å². The first-order valence-corrected chi connectivity index (χ1v) is 9.36. The lowest BCUT2D eigenvalue weighted by Crippen LogP contribution is -2.19. The average Bonchev–Trinajstić information content (AvgIpc) is 2.75. The maximum absolute atomic E-state index is 12.4. The van der Waals surface area contributed by atoms with Crippen LogP contribution >= 0.6 is 0 Å². The van der Waals surface area contributed by atoms with E-state index < -0.39 is 17.9 Å². The van der Waals surface area contributed by atoms with E-state index in [-0.39, 0.29) is 22.4 Å². The molecule has 1 heterocycles. The number of aromatic carboxylic acids is 2. The van der Waals surface area contributed by atoms with Gasteiger partial charge in [-0.2, -0.15) is 0 Å². The van der Waals surface area contributed by atoms with Gasteiger partial charge in [0, 0.05) is 16.3 Å². The number of carbonyl (C=O) groups is 3. The fourth-order valence-electron chi connectivity index (χ4n) is 4.81. The summed E-state index contributed by atoms with van der Waals surface area (Å²) in [4.78, 5) is 36.2. The molecule has 0 saturated carbocycles. The molecular formula is C24H11NO6. The van der Waals surface area contributed by atoms with Crippen LogP contribution in [0.25, 0.3) is 43.1 Å². The lowest BCUT2D eigenvalue weighted by molar-refractivity contribution is 0.0692. The number of esters is 1. The van der Waals surface area contributed by atoms with E-state index in [1.54, 1.807) is 36.4 Å². The standard InChI is InChI=1S/C24H11NO6/c25-21-13-5-1-9-10-2-6-14(22(26)27)20-15(23(28)29)7-3-11(18(10)20)12-4-8-16(24(30)31-21)19(13)17(9)12/h1-8,25H,(H,26,27)(H,28,29). The summed E-state index contributed by atoms with van der Waals surface area (Å²) in [6, 6.07) is 13.0. The molecule has 7 nitrogen and oxygen atoms in total. The van der Waals surface area contributed by atoms with Gasteiger partial charge in [-0.05, 0) is 56.6 Å². The molecule has 0 aromatic heterocycles. The molecule has 0 atom stereocenters. The summed E-state index contributed by atoms with van der Waals surface area (Å²) in [5, 5.41) is 32.4. The maximum atomic E-state index is 12.4. The van der Waals surface area contributed by atoms with Gasteiger partial charge < -0.3 is 14.9 Å². The molecule has 0 radical (unpaired) electrons. The van der Waals surface area contributed by atoms with Crippen molar-refractivity contribution in [3.8, 4) is 0 Å². The second-order valence-corrected chi connectivity index (χ2v) is 7.47. The lowest BCUT2D eigenvalue weighted by atomic mass is 9.84. The number of carboxylic acid groups (broad SMARTS) is 2. The molecule has 0 fully saturated rings. The van der Waals surface area contributed by atoms with Gasteiger partial charge in [-0.1, -0.05) is 24.3 Å². The summed E-state index contributed by atoms with van der Waals surface area (Å²) in [6.07, 6.45) is 0. The van der Waals surface area contributed by atoms with Gasteiger partial charge in [0.15, 0.2) is 0 Å². The zero-order chi connectivity index (χ0) is 21.6. The highest BCUT2D eigenvalue weighted by Gasteiger charge is 2.28. The molecule has 7 heteroatoms. The first-order valence-electron chi connectivity index (χ1n) is 9.36. The Morgan fingerprint density at radius 2 is 1.10 bits per heavy atom. The number of fused-ring (bicyclic) bond motifs is 2. The second-order valence-electron chi connectivity index (χ2n) is 7.47. The molecule has 31 heavy (non-hydrogen) atoms. The molecule has 0 spiro atoms. The van der Waals surface area contributed by atoms with Gasteiger partial charge in [-0.25, -0.2) is 14.4 Å². The van der Waals surface area contributed by atoms with E-state index in [0.29, 0.717) is 32.7 Å².